The molecule has 3 rings (SSSR count). The Hall–Kier alpha value is -2.70. The molecule has 0 radical (unpaired) electrons. The molecule has 6 nitrogen and oxygen atoms in total. The van der Waals surface area contributed by atoms with Gasteiger partial charge in [0.25, 0.3) is 0 Å². The maximum Gasteiger partial charge on any atom is 0.181 e. The Morgan fingerprint density at radius 1 is 1.35 bits per heavy atom. The van der Waals surface area contributed by atoms with Crippen LogP contribution in [0.5, 0.6) is 5.75 Å². The van der Waals surface area contributed by atoms with Crippen LogP contribution in [0, 0.1) is 5.82 Å². The third-order valence-electron chi connectivity index (χ3n) is 2.91. The zero-order chi connectivity index (χ0) is 14.1. The minimum Gasteiger partial charge on any atom is -0.483 e. The van der Waals surface area contributed by atoms with E-state index < -0.39 is 0 Å². The van der Waals surface area contributed by atoms with Gasteiger partial charge in [-0.1, -0.05) is 17.3 Å². The van der Waals surface area contributed by atoms with Crippen molar-refractivity contribution in [2.24, 2.45) is 0 Å². The second-order valence-electron chi connectivity index (χ2n) is 4.37. The molecule has 1 aromatic carbocycles. The van der Waals surface area contributed by atoms with Crippen molar-refractivity contribution < 1.29 is 9.13 Å². The first kappa shape index (κ1) is 12.3. The minimum absolute atomic E-state index is 0.296. The highest BCUT2D eigenvalue weighted by Crippen LogP contribution is 2.28. The number of H-pyrrole nitrogens is 1. The van der Waals surface area contributed by atoms with E-state index >= 15 is 0 Å². The number of aromatic amines is 1. The van der Waals surface area contributed by atoms with E-state index in [1.807, 2.05) is 6.92 Å². The van der Waals surface area contributed by atoms with Gasteiger partial charge in [-0.2, -0.15) is 0 Å². The standard InChI is InChI=1S/C13H12FN5O/c1-7(8-3-2-4-9(14)5-8)20-10-6-11(15)16-13-12(10)17-19-18-13/h2-7H,1H3,(H3,15,16,17,18,19). The molecule has 0 saturated heterocycles. The molecule has 7 heteroatoms. The predicted octanol–water partition coefficient (Wildman–Crippen LogP) is 2.21. The number of ether oxygens (including phenoxy) is 1. The van der Waals surface area contributed by atoms with E-state index in [0.29, 0.717) is 22.7 Å². The van der Waals surface area contributed by atoms with Crippen molar-refractivity contribution in [3.63, 3.8) is 0 Å². The molecule has 3 aromatic rings. The van der Waals surface area contributed by atoms with Gasteiger partial charge in [0.05, 0.1) is 0 Å². The van der Waals surface area contributed by atoms with Crippen LogP contribution in [0.25, 0.3) is 11.2 Å². The Morgan fingerprint density at radius 3 is 3.00 bits per heavy atom. The van der Waals surface area contributed by atoms with Crippen molar-refractivity contribution in [2.45, 2.75) is 13.0 Å². The lowest BCUT2D eigenvalue weighted by Crippen LogP contribution is -2.05. The Balaban J connectivity index is 1.94. The second kappa shape index (κ2) is 4.76. The summed E-state index contributed by atoms with van der Waals surface area (Å²) >= 11 is 0. The van der Waals surface area contributed by atoms with Gasteiger partial charge in [0.15, 0.2) is 16.9 Å². The van der Waals surface area contributed by atoms with Gasteiger partial charge >= 0.3 is 0 Å². The van der Waals surface area contributed by atoms with Crippen molar-refractivity contribution in [1.82, 2.24) is 20.4 Å². The summed E-state index contributed by atoms with van der Waals surface area (Å²) in [5.74, 6) is 0.446. The SMILES string of the molecule is CC(Oc1cc(N)nc2[nH]nnc12)c1cccc(F)c1. The lowest BCUT2D eigenvalue weighted by atomic mass is 10.1. The number of nitrogens with one attached hydrogen (secondary N) is 1. The van der Waals surface area contributed by atoms with E-state index in [1.165, 1.54) is 12.1 Å². The average Bonchev–Trinajstić information content (AvgIpc) is 2.86. The van der Waals surface area contributed by atoms with Crippen LogP contribution in [0.4, 0.5) is 10.2 Å². The number of hydrogen-bond donors (Lipinski definition) is 2. The van der Waals surface area contributed by atoms with Gasteiger partial charge in [0.1, 0.15) is 17.7 Å². The number of pyridine rings is 1. The summed E-state index contributed by atoms with van der Waals surface area (Å²) in [6.07, 6.45) is -0.354. The molecule has 0 aliphatic heterocycles. The van der Waals surface area contributed by atoms with Crippen LogP contribution in [-0.4, -0.2) is 20.4 Å². The maximum atomic E-state index is 13.2. The van der Waals surface area contributed by atoms with E-state index in [9.17, 15) is 4.39 Å². The maximum absolute atomic E-state index is 13.2. The highest BCUT2D eigenvalue weighted by molar-refractivity contribution is 5.78. The molecule has 1 atom stereocenters. The summed E-state index contributed by atoms with van der Waals surface area (Å²) in [5, 5.41) is 10.2. The fourth-order valence-electron chi connectivity index (χ4n) is 1.94. The quantitative estimate of drug-likeness (QED) is 0.763. The number of fused-ring (bicyclic) bond motifs is 1. The van der Waals surface area contributed by atoms with E-state index in [0.717, 1.165) is 5.56 Å². The lowest BCUT2D eigenvalue weighted by molar-refractivity contribution is 0.229. The summed E-state index contributed by atoms with van der Waals surface area (Å²) in [6.45, 7) is 1.82. The van der Waals surface area contributed by atoms with Gasteiger partial charge in [0, 0.05) is 6.07 Å². The van der Waals surface area contributed by atoms with Gasteiger partial charge in [0.2, 0.25) is 0 Å². The number of aromatic nitrogens is 4. The average molecular weight is 273 g/mol. The molecule has 0 aliphatic carbocycles. The van der Waals surface area contributed by atoms with Crippen LogP contribution in [-0.2, 0) is 0 Å². The first-order valence-corrected chi connectivity index (χ1v) is 6.03. The summed E-state index contributed by atoms with van der Waals surface area (Å²) in [6, 6.07) is 7.81. The van der Waals surface area contributed by atoms with Gasteiger partial charge < -0.3 is 10.5 Å². The van der Waals surface area contributed by atoms with E-state index in [2.05, 4.69) is 20.4 Å². The number of anilines is 1. The minimum atomic E-state index is -0.354. The van der Waals surface area contributed by atoms with Gasteiger partial charge in [-0.3, -0.25) is 0 Å². The van der Waals surface area contributed by atoms with Crippen LogP contribution < -0.4 is 10.5 Å². The Bertz CT molecular complexity index is 757. The third-order valence-corrected chi connectivity index (χ3v) is 2.91. The molecular formula is C13H12FN5O. The molecule has 0 spiro atoms. The summed E-state index contributed by atoms with van der Waals surface area (Å²) in [7, 11) is 0. The van der Waals surface area contributed by atoms with Crippen LogP contribution >= 0.6 is 0 Å². The molecule has 0 bridgehead atoms. The molecule has 2 aromatic heterocycles. The highest BCUT2D eigenvalue weighted by atomic mass is 19.1. The zero-order valence-electron chi connectivity index (χ0n) is 10.7. The van der Waals surface area contributed by atoms with Crippen LogP contribution in [0.15, 0.2) is 30.3 Å². The fourth-order valence-corrected chi connectivity index (χ4v) is 1.94. The highest BCUT2D eigenvalue weighted by Gasteiger charge is 2.14. The Labute approximate surface area is 113 Å². The molecule has 0 aliphatic rings. The van der Waals surface area contributed by atoms with Crippen LogP contribution in [0.2, 0.25) is 0 Å². The van der Waals surface area contributed by atoms with Gasteiger partial charge in [-0.05, 0) is 24.6 Å². The van der Waals surface area contributed by atoms with Gasteiger partial charge in [-0.15, -0.1) is 5.10 Å². The number of nitrogens with zero attached hydrogens (tertiary/aromatic N) is 3. The Kier molecular flexibility index (Phi) is 2.94. The monoisotopic (exact) mass is 273 g/mol. The molecule has 102 valence electrons. The topological polar surface area (TPSA) is 89.7 Å². The molecule has 3 N–H and O–H groups in total. The third kappa shape index (κ3) is 2.25. The number of hydrogen-bond acceptors (Lipinski definition) is 5. The molecule has 1 unspecified atom stereocenters. The number of halogens is 1. The Morgan fingerprint density at radius 2 is 2.20 bits per heavy atom. The number of nitrogen functional groups attached to an aromatic ring is 1. The predicted molar refractivity (Wildman–Crippen MR) is 71.5 cm³/mol. The van der Waals surface area contributed by atoms with Crippen LogP contribution in [0.3, 0.4) is 0 Å². The smallest absolute Gasteiger partial charge is 0.181 e. The van der Waals surface area contributed by atoms with Crippen molar-refractivity contribution >= 4 is 17.0 Å². The van der Waals surface area contributed by atoms with Crippen molar-refractivity contribution in [3.8, 4) is 5.75 Å². The van der Waals surface area contributed by atoms with Crippen molar-refractivity contribution in [1.29, 1.82) is 0 Å². The lowest BCUT2D eigenvalue weighted by Gasteiger charge is -2.15. The first-order valence-electron chi connectivity index (χ1n) is 6.03. The summed E-state index contributed by atoms with van der Waals surface area (Å²) in [4.78, 5) is 4.05. The zero-order valence-corrected chi connectivity index (χ0v) is 10.7. The normalized spacial score (nSPS) is 12.5. The number of nitrogens with two attached hydrogens (primary N) is 1. The first-order chi connectivity index (χ1) is 9.63. The van der Waals surface area contributed by atoms with Crippen molar-refractivity contribution in [3.05, 3.63) is 41.7 Å². The number of rotatable bonds is 3. The molecule has 2 heterocycles. The summed E-state index contributed by atoms with van der Waals surface area (Å²) in [5.41, 5.74) is 7.35. The molecule has 0 saturated carbocycles. The summed E-state index contributed by atoms with van der Waals surface area (Å²) < 4.78 is 19.0. The largest absolute Gasteiger partial charge is 0.483 e. The fraction of sp³-hybridized carbons (Fsp3) is 0.154. The van der Waals surface area contributed by atoms with E-state index in [4.69, 9.17) is 10.5 Å². The molecule has 0 fully saturated rings. The van der Waals surface area contributed by atoms with E-state index in [-0.39, 0.29) is 11.9 Å². The molecular weight excluding hydrogens is 261 g/mol. The molecule has 20 heavy (non-hydrogen) atoms. The second-order valence-corrected chi connectivity index (χ2v) is 4.37. The van der Waals surface area contributed by atoms with Crippen LogP contribution in [0.1, 0.15) is 18.6 Å². The van der Waals surface area contributed by atoms with E-state index in [1.54, 1.807) is 18.2 Å². The molecule has 0 amide bonds. The van der Waals surface area contributed by atoms with Crippen molar-refractivity contribution in [2.75, 3.05) is 5.73 Å². The van der Waals surface area contributed by atoms with Gasteiger partial charge in [-0.25, -0.2) is 14.5 Å². The number of benzene rings is 1.